The fraction of sp³-hybridized carbons (Fsp3) is 0.667. The van der Waals surface area contributed by atoms with Crippen molar-refractivity contribution in [2.24, 2.45) is 7.05 Å². The van der Waals surface area contributed by atoms with E-state index in [9.17, 15) is 4.79 Å². The van der Waals surface area contributed by atoms with E-state index in [0.717, 1.165) is 35.8 Å². The van der Waals surface area contributed by atoms with Gasteiger partial charge in [0.1, 0.15) is 0 Å². The molecule has 1 saturated heterocycles. The number of thioether (sulfide) groups is 1. The van der Waals surface area contributed by atoms with Crippen LogP contribution in [-0.2, 0) is 7.05 Å². The molecule has 0 unspecified atom stereocenters. The van der Waals surface area contributed by atoms with Crippen LogP contribution in [0, 0.1) is 13.8 Å². The van der Waals surface area contributed by atoms with Gasteiger partial charge in [-0.05, 0) is 33.8 Å². The van der Waals surface area contributed by atoms with Gasteiger partial charge in [0, 0.05) is 47.6 Å². The Morgan fingerprint density at radius 3 is 2.63 bits per heavy atom. The van der Waals surface area contributed by atoms with Crippen LogP contribution < -0.4 is 0 Å². The number of hydrogen-bond acceptors (Lipinski definition) is 3. The Morgan fingerprint density at radius 2 is 2.11 bits per heavy atom. The van der Waals surface area contributed by atoms with Gasteiger partial charge in [0.05, 0.1) is 6.54 Å². The van der Waals surface area contributed by atoms with Crippen molar-refractivity contribution in [1.82, 2.24) is 9.47 Å². The monoisotopic (exact) mass is 280 g/mol. The van der Waals surface area contributed by atoms with E-state index < -0.39 is 0 Å². The van der Waals surface area contributed by atoms with Crippen molar-refractivity contribution < 1.29 is 4.79 Å². The van der Waals surface area contributed by atoms with Crippen LogP contribution in [0.4, 0.5) is 0 Å². The molecule has 0 N–H and O–H groups in total. The second-order valence-electron chi connectivity index (χ2n) is 6.09. The van der Waals surface area contributed by atoms with Gasteiger partial charge >= 0.3 is 0 Å². The molecule has 1 aliphatic rings. The van der Waals surface area contributed by atoms with E-state index in [-0.39, 0.29) is 10.5 Å². The van der Waals surface area contributed by atoms with Crippen molar-refractivity contribution in [3.63, 3.8) is 0 Å². The Labute approximate surface area is 120 Å². The molecule has 1 fully saturated rings. The molecule has 1 aromatic rings. The molecule has 19 heavy (non-hydrogen) atoms. The van der Waals surface area contributed by atoms with Crippen LogP contribution in [0.15, 0.2) is 6.07 Å². The molecule has 0 aromatic carbocycles. The summed E-state index contributed by atoms with van der Waals surface area (Å²) in [5.74, 6) is 1.37. The first-order valence-electron chi connectivity index (χ1n) is 6.82. The van der Waals surface area contributed by atoms with Gasteiger partial charge in [-0.3, -0.25) is 9.69 Å². The molecule has 4 heteroatoms. The highest BCUT2D eigenvalue weighted by molar-refractivity contribution is 8.00. The number of aromatic nitrogens is 1. The Hall–Kier alpha value is -0.740. The zero-order valence-corrected chi connectivity index (χ0v) is 13.4. The number of Topliss-reactive ketones (excluding diaryl/α,β-unsaturated/α-hetero) is 1. The minimum Gasteiger partial charge on any atom is -0.351 e. The largest absolute Gasteiger partial charge is 0.351 e. The Balaban J connectivity index is 2.07. The van der Waals surface area contributed by atoms with Crippen LogP contribution in [0.5, 0.6) is 0 Å². The summed E-state index contributed by atoms with van der Waals surface area (Å²) in [6.07, 6.45) is 0. The normalized spacial score (nSPS) is 19.6. The predicted molar refractivity (Wildman–Crippen MR) is 82.2 cm³/mol. The maximum absolute atomic E-state index is 12.4. The molecular weight excluding hydrogens is 256 g/mol. The molecule has 1 aromatic heterocycles. The van der Waals surface area contributed by atoms with E-state index in [1.54, 1.807) is 0 Å². The van der Waals surface area contributed by atoms with Crippen molar-refractivity contribution in [3.05, 3.63) is 23.0 Å². The highest BCUT2D eigenvalue weighted by Gasteiger charge is 2.28. The van der Waals surface area contributed by atoms with Crippen LogP contribution in [0.1, 0.15) is 35.6 Å². The zero-order valence-electron chi connectivity index (χ0n) is 12.6. The molecule has 3 nitrogen and oxygen atoms in total. The number of aryl methyl sites for hydroxylation is 1. The van der Waals surface area contributed by atoms with Crippen molar-refractivity contribution in [1.29, 1.82) is 0 Å². The van der Waals surface area contributed by atoms with Gasteiger partial charge in [0.15, 0.2) is 5.78 Å². The summed E-state index contributed by atoms with van der Waals surface area (Å²) < 4.78 is 2.35. The van der Waals surface area contributed by atoms with Gasteiger partial charge in [0.2, 0.25) is 0 Å². The molecule has 0 aliphatic carbocycles. The molecule has 0 amide bonds. The molecule has 0 spiro atoms. The Bertz CT molecular complexity index is 491. The molecule has 2 heterocycles. The molecule has 1 aliphatic heterocycles. The molecule has 0 radical (unpaired) electrons. The average Bonchev–Trinajstić information content (AvgIpc) is 2.56. The summed E-state index contributed by atoms with van der Waals surface area (Å²) in [6.45, 7) is 11.1. The van der Waals surface area contributed by atoms with Gasteiger partial charge in [-0.25, -0.2) is 0 Å². The number of hydrogen-bond donors (Lipinski definition) is 0. The lowest BCUT2D eigenvalue weighted by Gasteiger charge is -2.37. The van der Waals surface area contributed by atoms with Crippen LogP contribution >= 0.6 is 11.8 Å². The third-order valence-corrected chi connectivity index (χ3v) is 5.24. The lowest BCUT2D eigenvalue weighted by Crippen LogP contribution is -2.45. The zero-order chi connectivity index (χ0) is 14.2. The van der Waals surface area contributed by atoms with Gasteiger partial charge < -0.3 is 4.57 Å². The maximum atomic E-state index is 12.4. The molecule has 0 atom stereocenters. The van der Waals surface area contributed by atoms with Gasteiger partial charge in [-0.1, -0.05) is 0 Å². The summed E-state index contributed by atoms with van der Waals surface area (Å²) >= 11 is 2.00. The van der Waals surface area contributed by atoms with E-state index in [4.69, 9.17) is 0 Å². The fourth-order valence-corrected chi connectivity index (χ4v) is 3.85. The molecule has 0 saturated carbocycles. The quantitative estimate of drug-likeness (QED) is 0.796. The third-order valence-electron chi connectivity index (χ3n) is 3.95. The van der Waals surface area contributed by atoms with Crippen molar-refractivity contribution in [2.75, 3.05) is 25.4 Å². The maximum Gasteiger partial charge on any atom is 0.178 e. The number of ketones is 1. The highest BCUT2D eigenvalue weighted by atomic mass is 32.2. The summed E-state index contributed by atoms with van der Waals surface area (Å²) in [5, 5.41) is 0. The van der Waals surface area contributed by atoms with Crippen LogP contribution in [-0.4, -0.2) is 45.4 Å². The molecule has 106 valence electrons. The van der Waals surface area contributed by atoms with Crippen molar-refractivity contribution in [2.45, 2.75) is 32.4 Å². The minimum absolute atomic E-state index is 0.254. The SMILES string of the molecule is Cc1cc(C(=O)CN2CCSC(C)(C)C2)c(C)n1C. The highest BCUT2D eigenvalue weighted by Crippen LogP contribution is 2.29. The number of rotatable bonds is 3. The molecule has 2 rings (SSSR count). The second kappa shape index (κ2) is 5.33. The summed E-state index contributed by atoms with van der Waals surface area (Å²) in [5.41, 5.74) is 3.11. The van der Waals surface area contributed by atoms with E-state index in [1.807, 2.05) is 38.7 Å². The number of carbonyl (C=O) groups excluding carboxylic acids is 1. The standard InChI is InChI=1S/C15H24N2OS/c1-11-8-13(12(2)16(11)5)14(18)9-17-6-7-19-15(3,4)10-17/h8H,6-7,9-10H2,1-5H3. The van der Waals surface area contributed by atoms with Crippen molar-refractivity contribution >= 4 is 17.5 Å². The van der Waals surface area contributed by atoms with Gasteiger partial charge in [-0.15, -0.1) is 0 Å². The van der Waals surface area contributed by atoms with Crippen molar-refractivity contribution in [3.8, 4) is 0 Å². The average molecular weight is 280 g/mol. The van der Waals surface area contributed by atoms with Crippen LogP contribution in [0.25, 0.3) is 0 Å². The first kappa shape index (κ1) is 14.7. The first-order valence-corrected chi connectivity index (χ1v) is 7.81. The minimum atomic E-state index is 0.254. The second-order valence-corrected chi connectivity index (χ2v) is 7.89. The summed E-state index contributed by atoms with van der Waals surface area (Å²) in [6, 6.07) is 2.02. The summed E-state index contributed by atoms with van der Waals surface area (Å²) in [4.78, 5) is 14.7. The smallest absolute Gasteiger partial charge is 0.178 e. The van der Waals surface area contributed by atoms with Gasteiger partial charge in [-0.2, -0.15) is 11.8 Å². The topological polar surface area (TPSA) is 25.2 Å². The predicted octanol–water partition coefficient (Wildman–Crippen LogP) is 2.65. The van der Waals surface area contributed by atoms with E-state index >= 15 is 0 Å². The first-order chi connectivity index (χ1) is 8.80. The lowest BCUT2D eigenvalue weighted by atomic mass is 10.1. The summed E-state index contributed by atoms with van der Waals surface area (Å²) in [7, 11) is 2.02. The van der Waals surface area contributed by atoms with Gasteiger partial charge in [0.25, 0.3) is 0 Å². The number of carbonyl (C=O) groups is 1. The van der Waals surface area contributed by atoms with E-state index in [0.29, 0.717) is 6.54 Å². The number of nitrogens with zero attached hydrogens (tertiary/aromatic N) is 2. The van der Waals surface area contributed by atoms with E-state index in [2.05, 4.69) is 23.3 Å². The van der Waals surface area contributed by atoms with Crippen LogP contribution in [0.3, 0.4) is 0 Å². The van der Waals surface area contributed by atoms with Crippen LogP contribution in [0.2, 0.25) is 0 Å². The third kappa shape index (κ3) is 3.23. The molecule has 0 bridgehead atoms. The van der Waals surface area contributed by atoms with E-state index in [1.165, 1.54) is 0 Å². The molecular formula is C15H24N2OS. The Morgan fingerprint density at radius 1 is 1.42 bits per heavy atom. The lowest BCUT2D eigenvalue weighted by molar-refractivity contribution is 0.0927. The Kier molecular flexibility index (Phi) is 4.11. The fourth-order valence-electron chi connectivity index (χ4n) is 2.68.